The maximum Gasteiger partial charge on any atom is 0.261 e. The monoisotopic (exact) mass is 345 g/mol. The molecule has 1 N–H and O–H groups in total. The Balaban J connectivity index is 1.53. The molecule has 0 bridgehead atoms. The number of rotatable bonds is 5. The number of ether oxygens (including phenoxy) is 2. The molecule has 2 aromatic rings. The molecule has 0 fully saturated rings. The van der Waals surface area contributed by atoms with E-state index in [1.807, 2.05) is 32.0 Å². The predicted molar refractivity (Wildman–Crippen MR) is 96.5 cm³/mol. The highest BCUT2D eigenvalue weighted by molar-refractivity contribution is 7.14. The van der Waals surface area contributed by atoms with Gasteiger partial charge in [-0.3, -0.25) is 4.79 Å². The molecule has 1 aromatic heterocycles. The van der Waals surface area contributed by atoms with Crippen molar-refractivity contribution >= 4 is 17.2 Å². The highest BCUT2D eigenvalue weighted by Gasteiger charge is 2.32. The largest absolute Gasteiger partial charge is 0.488 e. The average molecular weight is 345 g/mol. The minimum Gasteiger partial charge on any atom is -0.488 e. The van der Waals surface area contributed by atoms with Gasteiger partial charge in [0, 0.05) is 16.9 Å². The van der Waals surface area contributed by atoms with Gasteiger partial charge in [-0.25, -0.2) is 0 Å². The molecule has 24 heavy (non-hydrogen) atoms. The first kappa shape index (κ1) is 16.8. The number of carbonyl (C=O) groups excluding carboxylic acids is 1. The topological polar surface area (TPSA) is 47.6 Å². The molecule has 5 heteroatoms. The summed E-state index contributed by atoms with van der Waals surface area (Å²) < 4.78 is 11.8. The van der Waals surface area contributed by atoms with Gasteiger partial charge in [0.05, 0.1) is 11.4 Å². The molecule has 0 radical (unpaired) electrons. The van der Waals surface area contributed by atoms with Crippen LogP contribution in [0.4, 0.5) is 0 Å². The second kappa shape index (κ2) is 6.48. The number of thiophene rings is 1. The third-order valence-corrected chi connectivity index (χ3v) is 5.24. The number of fused-ring (bicyclic) bond motifs is 1. The first-order chi connectivity index (χ1) is 11.4. The lowest BCUT2D eigenvalue weighted by Crippen LogP contribution is -2.27. The van der Waals surface area contributed by atoms with Crippen LogP contribution in [0.15, 0.2) is 24.3 Å². The van der Waals surface area contributed by atoms with Gasteiger partial charge in [0.25, 0.3) is 5.91 Å². The Morgan fingerprint density at radius 3 is 2.88 bits per heavy atom. The Kier molecular flexibility index (Phi) is 4.54. The molecule has 4 nitrogen and oxygen atoms in total. The lowest BCUT2D eigenvalue weighted by molar-refractivity contribution is 0.0950. The summed E-state index contributed by atoms with van der Waals surface area (Å²) in [7, 11) is 0. The van der Waals surface area contributed by atoms with E-state index in [0.29, 0.717) is 13.2 Å². The fourth-order valence-corrected chi connectivity index (χ4v) is 3.75. The fraction of sp³-hybridized carbons (Fsp3) is 0.421. The summed E-state index contributed by atoms with van der Waals surface area (Å²) in [6.07, 6.45) is 0.882. The van der Waals surface area contributed by atoms with Gasteiger partial charge in [0.15, 0.2) is 11.5 Å². The molecule has 1 aromatic carbocycles. The Hall–Kier alpha value is -2.01. The van der Waals surface area contributed by atoms with Crippen LogP contribution in [-0.4, -0.2) is 24.7 Å². The molecule has 1 amide bonds. The molecule has 128 valence electrons. The predicted octanol–water partition coefficient (Wildman–Crippen LogP) is 3.89. The van der Waals surface area contributed by atoms with Crippen LogP contribution in [0.1, 0.15) is 39.5 Å². The molecular weight excluding hydrogens is 322 g/mol. The van der Waals surface area contributed by atoms with E-state index in [9.17, 15) is 4.79 Å². The van der Waals surface area contributed by atoms with Crippen LogP contribution in [0, 0.1) is 13.8 Å². The van der Waals surface area contributed by atoms with E-state index in [2.05, 4.69) is 25.2 Å². The summed E-state index contributed by atoms with van der Waals surface area (Å²) in [5.74, 6) is 1.53. The Morgan fingerprint density at radius 1 is 1.38 bits per heavy atom. The molecule has 1 aliphatic rings. The van der Waals surface area contributed by atoms with E-state index < -0.39 is 0 Å². The van der Waals surface area contributed by atoms with Gasteiger partial charge in [-0.2, -0.15) is 0 Å². The van der Waals surface area contributed by atoms with E-state index in [1.165, 1.54) is 21.8 Å². The zero-order chi connectivity index (χ0) is 17.3. The minimum atomic E-state index is -0.190. The summed E-state index contributed by atoms with van der Waals surface area (Å²) in [4.78, 5) is 14.0. The Bertz CT molecular complexity index is 744. The number of aryl methyl sites for hydroxylation is 2. The van der Waals surface area contributed by atoms with Gasteiger partial charge in [0.1, 0.15) is 12.2 Å². The standard InChI is InChI=1S/C19H23NO3S/c1-12-10-16(24-13(12)2)18(21)20-8-9-22-15-7-5-6-14-11-19(3,4)23-17(14)15/h5-7,10H,8-9,11H2,1-4H3,(H,20,21). The minimum absolute atomic E-state index is 0.0459. The van der Waals surface area contributed by atoms with Crippen LogP contribution in [0.5, 0.6) is 11.5 Å². The SMILES string of the molecule is Cc1cc(C(=O)NCCOc2cccc3c2OC(C)(C)C3)sc1C. The summed E-state index contributed by atoms with van der Waals surface area (Å²) in [6.45, 7) is 9.06. The van der Waals surface area contributed by atoms with Crippen LogP contribution in [0.25, 0.3) is 0 Å². The summed E-state index contributed by atoms with van der Waals surface area (Å²) >= 11 is 1.52. The zero-order valence-electron chi connectivity index (χ0n) is 14.6. The van der Waals surface area contributed by atoms with Gasteiger partial charge < -0.3 is 14.8 Å². The third-order valence-electron chi connectivity index (χ3n) is 4.09. The molecule has 0 saturated carbocycles. The van der Waals surface area contributed by atoms with Crippen LogP contribution in [0.3, 0.4) is 0 Å². The molecule has 1 aliphatic heterocycles. The second-order valence-electron chi connectivity index (χ2n) is 6.74. The molecule has 0 atom stereocenters. The van der Waals surface area contributed by atoms with Crippen molar-refractivity contribution < 1.29 is 14.3 Å². The first-order valence-electron chi connectivity index (χ1n) is 8.15. The lowest BCUT2D eigenvalue weighted by atomic mass is 10.0. The number of amides is 1. The van der Waals surface area contributed by atoms with Crippen molar-refractivity contribution in [2.75, 3.05) is 13.2 Å². The normalized spacial score (nSPS) is 14.8. The highest BCUT2D eigenvalue weighted by Crippen LogP contribution is 2.41. The van der Waals surface area contributed by atoms with Crippen LogP contribution < -0.4 is 14.8 Å². The van der Waals surface area contributed by atoms with Crippen molar-refractivity contribution in [1.29, 1.82) is 0 Å². The maximum absolute atomic E-state index is 12.1. The fourth-order valence-electron chi connectivity index (χ4n) is 2.80. The van der Waals surface area contributed by atoms with Gasteiger partial charge in [-0.05, 0) is 45.4 Å². The first-order valence-corrected chi connectivity index (χ1v) is 8.96. The van der Waals surface area contributed by atoms with Crippen molar-refractivity contribution in [3.8, 4) is 11.5 Å². The lowest BCUT2D eigenvalue weighted by Gasteiger charge is -2.18. The van der Waals surface area contributed by atoms with Crippen molar-refractivity contribution in [2.24, 2.45) is 0 Å². The second-order valence-corrected chi connectivity index (χ2v) is 7.99. The average Bonchev–Trinajstić information content (AvgIpc) is 3.02. The van der Waals surface area contributed by atoms with Crippen LogP contribution >= 0.6 is 11.3 Å². The highest BCUT2D eigenvalue weighted by atomic mass is 32.1. The van der Waals surface area contributed by atoms with Crippen molar-refractivity contribution in [2.45, 2.75) is 39.7 Å². The number of nitrogens with one attached hydrogen (secondary N) is 1. The van der Waals surface area contributed by atoms with Crippen LogP contribution in [-0.2, 0) is 6.42 Å². The quantitative estimate of drug-likeness (QED) is 0.837. The molecule has 0 saturated heterocycles. The van der Waals surface area contributed by atoms with Crippen molar-refractivity contribution in [3.05, 3.63) is 45.1 Å². The maximum atomic E-state index is 12.1. The summed E-state index contributed by atoms with van der Waals surface area (Å²) in [5.41, 5.74) is 2.14. The number of para-hydroxylation sites is 1. The van der Waals surface area contributed by atoms with Crippen LogP contribution in [0.2, 0.25) is 0 Å². The van der Waals surface area contributed by atoms with Gasteiger partial charge in [0.2, 0.25) is 0 Å². The molecule has 0 aliphatic carbocycles. The van der Waals surface area contributed by atoms with Crippen molar-refractivity contribution in [1.82, 2.24) is 5.32 Å². The molecule has 0 spiro atoms. The Labute approximate surface area is 146 Å². The number of benzene rings is 1. The van der Waals surface area contributed by atoms with Crippen molar-refractivity contribution in [3.63, 3.8) is 0 Å². The summed E-state index contributed by atoms with van der Waals surface area (Å²) in [6, 6.07) is 7.89. The summed E-state index contributed by atoms with van der Waals surface area (Å²) in [5, 5.41) is 2.90. The van der Waals surface area contributed by atoms with E-state index >= 15 is 0 Å². The molecular formula is C19H23NO3S. The van der Waals surface area contributed by atoms with Gasteiger partial charge >= 0.3 is 0 Å². The third kappa shape index (κ3) is 3.56. The van der Waals surface area contributed by atoms with Gasteiger partial charge in [-0.15, -0.1) is 11.3 Å². The Morgan fingerprint density at radius 2 is 2.17 bits per heavy atom. The zero-order valence-corrected chi connectivity index (χ0v) is 15.4. The van der Waals surface area contributed by atoms with Gasteiger partial charge in [-0.1, -0.05) is 12.1 Å². The van der Waals surface area contributed by atoms with E-state index in [4.69, 9.17) is 9.47 Å². The molecule has 0 unspecified atom stereocenters. The number of carbonyl (C=O) groups is 1. The van der Waals surface area contributed by atoms with E-state index in [0.717, 1.165) is 28.4 Å². The molecule has 2 heterocycles. The van der Waals surface area contributed by atoms with E-state index in [-0.39, 0.29) is 11.5 Å². The smallest absolute Gasteiger partial charge is 0.261 e. The molecule has 3 rings (SSSR count). The number of hydrogen-bond donors (Lipinski definition) is 1. The van der Waals surface area contributed by atoms with E-state index in [1.54, 1.807) is 0 Å². The number of hydrogen-bond acceptors (Lipinski definition) is 4.